The van der Waals surface area contributed by atoms with E-state index >= 15 is 0 Å². The van der Waals surface area contributed by atoms with Crippen LogP contribution in [0.2, 0.25) is 0 Å². The number of rotatable bonds is 4. The van der Waals surface area contributed by atoms with Gasteiger partial charge in [-0.15, -0.1) is 0 Å². The number of nitrogens with two attached hydrogens (primary N) is 1. The standard InChI is InChI=1S/C15H23NO/c1-12(14-8-5-9-15(16)10-14)17-11-13-6-3-2-4-7-13/h5,8-10,12-13H,2-4,6-7,11,16H2,1H3. The summed E-state index contributed by atoms with van der Waals surface area (Å²) in [6.07, 6.45) is 6.98. The highest BCUT2D eigenvalue weighted by Gasteiger charge is 2.15. The Balaban J connectivity index is 1.82. The topological polar surface area (TPSA) is 35.2 Å². The summed E-state index contributed by atoms with van der Waals surface area (Å²) in [6, 6.07) is 8.00. The highest BCUT2D eigenvalue weighted by molar-refractivity contribution is 5.41. The van der Waals surface area contributed by atoms with Crippen LogP contribution in [0.25, 0.3) is 0 Å². The molecule has 0 aliphatic heterocycles. The van der Waals surface area contributed by atoms with Gasteiger partial charge in [-0.3, -0.25) is 0 Å². The summed E-state index contributed by atoms with van der Waals surface area (Å²) in [5.74, 6) is 0.771. The van der Waals surface area contributed by atoms with Crippen molar-refractivity contribution in [1.82, 2.24) is 0 Å². The maximum absolute atomic E-state index is 5.97. The van der Waals surface area contributed by atoms with Crippen LogP contribution < -0.4 is 5.73 Å². The van der Waals surface area contributed by atoms with Crippen molar-refractivity contribution in [2.75, 3.05) is 12.3 Å². The van der Waals surface area contributed by atoms with Crippen molar-refractivity contribution in [3.8, 4) is 0 Å². The fourth-order valence-corrected chi connectivity index (χ4v) is 2.54. The van der Waals surface area contributed by atoms with E-state index in [0.717, 1.165) is 18.2 Å². The molecule has 1 aromatic rings. The Morgan fingerprint density at radius 2 is 2.06 bits per heavy atom. The second kappa shape index (κ2) is 6.06. The van der Waals surface area contributed by atoms with Gasteiger partial charge in [0, 0.05) is 5.69 Å². The fourth-order valence-electron chi connectivity index (χ4n) is 2.54. The average molecular weight is 233 g/mol. The van der Waals surface area contributed by atoms with Crippen molar-refractivity contribution in [1.29, 1.82) is 0 Å². The molecule has 1 aliphatic carbocycles. The second-order valence-electron chi connectivity index (χ2n) is 5.15. The summed E-state index contributed by atoms with van der Waals surface area (Å²) in [7, 11) is 0. The summed E-state index contributed by atoms with van der Waals surface area (Å²) < 4.78 is 5.97. The summed E-state index contributed by atoms with van der Waals surface area (Å²) in [4.78, 5) is 0. The molecular weight excluding hydrogens is 210 g/mol. The van der Waals surface area contributed by atoms with Crippen LogP contribution in [0.3, 0.4) is 0 Å². The minimum Gasteiger partial charge on any atom is -0.399 e. The van der Waals surface area contributed by atoms with Crippen LogP contribution in [0, 0.1) is 5.92 Å². The zero-order valence-electron chi connectivity index (χ0n) is 10.7. The van der Waals surface area contributed by atoms with E-state index in [1.54, 1.807) is 0 Å². The van der Waals surface area contributed by atoms with E-state index in [-0.39, 0.29) is 6.10 Å². The van der Waals surface area contributed by atoms with Gasteiger partial charge in [-0.25, -0.2) is 0 Å². The molecule has 1 aliphatic rings. The lowest BCUT2D eigenvalue weighted by molar-refractivity contribution is 0.0303. The van der Waals surface area contributed by atoms with Crippen LogP contribution in [-0.2, 0) is 4.74 Å². The van der Waals surface area contributed by atoms with E-state index in [4.69, 9.17) is 10.5 Å². The molecule has 94 valence electrons. The first kappa shape index (κ1) is 12.4. The van der Waals surface area contributed by atoms with Crippen molar-refractivity contribution in [3.05, 3.63) is 29.8 Å². The van der Waals surface area contributed by atoms with Crippen molar-refractivity contribution in [3.63, 3.8) is 0 Å². The molecule has 0 aromatic heterocycles. The first-order valence-corrected chi connectivity index (χ1v) is 6.73. The Labute approximate surface area is 104 Å². The van der Waals surface area contributed by atoms with Gasteiger partial charge in [0.1, 0.15) is 0 Å². The molecule has 1 unspecified atom stereocenters. The second-order valence-corrected chi connectivity index (χ2v) is 5.15. The predicted molar refractivity (Wildman–Crippen MR) is 71.8 cm³/mol. The van der Waals surface area contributed by atoms with E-state index in [1.165, 1.54) is 37.7 Å². The van der Waals surface area contributed by atoms with Crippen LogP contribution in [0.1, 0.15) is 50.7 Å². The molecule has 0 heterocycles. The number of anilines is 1. The highest BCUT2D eigenvalue weighted by atomic mass is 16.5. The summed E-state index contributed by atoms with van der Waals surface area (Å²) in [5.41, 5.74) is 7.78. The molecule has 1 fully saturated rings. The maximum Gasteiger partial charge on any atom is 0.0797 e. The van der Waals surface area contributed by atoms with Gasteiger partial charge in [0.15, 0.2) is 0 Å². The monoisotopic (exact) mass is 233 g/mol. The predicted octanol–water partition coefficient (Wildman–Crippen LogP) is 3.93. The number of nitrogen functional groups attached to an aromatic ring is 1. The molecule has 2 N–H and O–H groups in total. The lowest BCUT2D eigenvalue weighted by Gasteiger charge is -2.23. The normalized spacial score (nSPS) is 19.1. The SMILES string of the molecule is CC(OCC1CCCCC1)c1cccc(N)c1. The third-order valence-electron chi connectivity index (χ3n) is 3.69. The van der Waals surface area contributed by atoms with Gasteiger partial charge < -0.3 is 10.5 Å². The Morgan fingerprint density at radius 1 is 1.29 bits per heavy atom. The minimum absolute atomic E-state index is 0.153. The van der Waals surface area contributed by atoms with Gasteiger partial charge in [-0.05, 0) is 43.4 Å². The summed E-state index contributed by atoms with van der Waals surface area (Å²) in [6.45, 7) is 3.01. The Morgan fingerprint density at radius 3 is 2.76 bits per heavy atom. The molecule has 1 saturated carbocycles. The fraction of sp³-hybridized carbons (Fsp3) is 0.600. The van der Waals surface area contributed by atoms with E-state index < -0.39 is 0 Å². The number of ether oxygens (including phenoxy) is 1. The van der Waals surface area contributed by atoms with Gasteiger partial charge in [0.05, 0.1) is 12.7 Å². The molecule has 0 saturated heterocycles. The van der Waals surface area contributed by atoms with Crippen LogP contribution in [0.4, 0.5) is 5.69 Å². The first-order chi connectivity index (χ1) is 8.25. The smallest absolute Gasteiger partial charge is 0.0797 e. The number of hydrogen-bond acceptors (Lipinski definition) is 2. The molecule has 2 heteroatoms. The molecule has 2 rings (SSSR count). The highest BCUT2D eigenvalue weighted by Crippen LogP contribution is 2.26. The van der Waals surface area contributed by atoms with Crippen molar-refractivity contribution < 1.29 is 4.74 Å². The van der Waals surface area contributed by atoms with Crippen molar-refractivity contribution >= 4 is 5.69 Å². The van der Waals surface area contributed by atoms with Gasteiger partial charge in [-0.2, -0.15) is 0 Å². The third-order valence-corrected chi connectivity index (χ3v) is 3.69. The van der Waals surface area contributed by atoms with E-state index in [9.17, 15) is 0 Å². The van der Waals surface area contributed by atoms with E-state index in [2.05, 4.69) is 13.0 Å². The van der Waals surface area contributed by atoms with Crippen LogP contribution in [0.15, 0.2) is 24.3 Å². The van der Waals surface area contributed by atoms with Gasteiger partial charge >= 0.3 is 0 Å². The molecule has 17 heavy (non-hydrogen) atoms. The van der Waals surface area contributed by atoms with Crippen molar-refractivity contribution in [2.45, 2.75) is 45.1 Å². The Bertz CT molecular complexity index is 345. The molecule has 0 spiro atoms. The van der Waals surface area contributed by atoms with Gasteiger partial charge in [-0.1, -0.05) is 31.4 Å². The summed E-state index contributed by atoms with van der Waals surface area (Å²) in [5, 5.41) is 0. The molecule has 0 amide bonds. The number of hydrogen-bond donors (Lipinski definition) is 1. The minimum atomic E-state index is 0.153. The summed E-state index contributed by atoms with van der Waals surface area (Å²) >= 11 is 0. The lowest BCUT2D eigenvalue weighted by Crippen LogP contribution is -2.14. The molecule has 1 aromatic carbocycles. The number of benzene rings is 1. The maximum atomic E-state index is 5.97. The van der Waals surface area contributed by atoms with E-state index in [1.807, 2.05) is 18.2 Å². The van der Waals surface area contributed by atoms with Gasteiger partial charge in [0.25, 0.3) is 0 Å². The molecule has 2 nitrogen and oxygen atoms in total. The largest absolute Gasteiger partial charge is 0.399 e. The zero-order valence-corrected chi connectivity index (χ0v) is 10.7. The van der Waals surface area contributed by atoms with E-state index in [0.29, 0.717) is 0 Å². The lowest BCUT2D eigenvalue weighted by atomic mass is 9.90. The molecular formula is C15H23NO. The molecule has 1 atom stereocenters. The quantitative estimate of drug-likeness (QED) is 0.800. The van der Waals surface area contributed by atoms with Crippen LogP contribution in [-0.4, -0.2) is 6.61 Å². The van der Waals surface area contributed by atoms with Gasteiger partial charge in [0.2, 0.25) is 0 Å². The zero-order chi connectivity index (χ0) is 12.1. The Hall–Kier alpha value is -1.02. The molecule has 0 radical (unpaired) electrons. The van der Waals surface area contributed by atoms with Crippen LogP contribution >= 0.6 is 0 Å². The van der Waals surface area contributed by atoms with Crippen molar-refractivity contribution in [2.24, 2.45) is 5.92 Å². The first-order valence-electron chi connectivity index (χ1n) is 6.73. The van der Waals surface area contributed by atoms with Crippen LogP contribution in [0.5, 0.6) is 0 Å². The Kier molecular flexibility index (Phi) is 4.43. The average Bonchev–Trinajstić information content (AvgIpc) is 2.37. The third kappa shape index (κ3) is 3.74. The molecule has 0 bridgehead atoms.